The topological polar surface area (TPSA) is 76.4 Å². The predicted octanol–water partition coefficient (Wildman–Crippen LogP) is 2.06. The molecular formula is C13H21NO4. The molecule has 0 aromatic heterocycles. The second kappa shape index (κ2) is 7.00. The molecule has 0 N–H and O–H groups in total. The largest absolute Gasteiger partial charge is 0.464 e. The van der Waals surface area contributed by atoms with Gasteiger partial charge in [-0.3, -0.25) is 9.59 Å². The summed E-state index contributed by atoms with van der Waals surface area (Å²) in [6.45, 7) is 8.61. The Kier molecular flexibility index (Phi) is 6.39. The maximum absolute atomic E-state index is 11.8. The highest BCUT2D eigenvalue weighted by molar-refractivity contribution is 5.81. The molecule has 0 aromatic rings. The Labute approximate surface area is 108 Å². The van der Waals surface area contributed by atoms with Gasteiger partial charge in [-0.2, -0.15) is 5.26 Å². The maximum Gasteiger partial charge on any atom is 0.310 e. The van der Waals surface area contributed by atoms with E-state index in [2.05, 4.69) is 0 Å². The molecule has 0 rings (SSSR count). The van der Waals surface area contributed by atoms with Gasteiger partial charge in [0.15, 0.2) is 0 Å². The Morgan fingerprint density at radius 2 is 1.67 bits per heavy atom. The van der Waals surface area contributed by atoms with Gasteiger partial charge in [-0.05, 0) is 20.8 Å². The first-order valence-corrected chi connectivity index (χ1v) is 5.95. The van der Waals surface area contributed by atoms with Crippen LogP contribution in [0.25, 0.3) is 0 Å². The van der Waals surface area contributed by atoms with Crippen molar-refractivity contribution in [1.29, 1.82) is 5.26 Å². The van der Waals surface area contributed by atoms with Crippen molar-refractivity contribution < 1.29 is 19.1 Å². The van der Waals surface area contributed by atoms with Gasteiger partial charge in [-0.25, -0.2) is 0 Å². The van der Waals surface area contributed by atoms with Gasteiger partial charge in [-0.15, -0.1) is 0 Å². The van der Waals surface area contributed by atoms with Crippen molar-refractivity contribution in [2.75, 3.05) is 6.61 Å². The van der Waals surface area contributed by atoms with Crippen LogP contribution >= 0.6 is 0 Å². The predicted molar refractivity (Wildman–Crippen MR) is 65.4 cm³/mol. The second-order valence-electron chi connectivity index (χ2n) is 5.19. The van der Waals surface area contributed by atoms with Gasteiger partial charge in [-0.1, -0.05) is 13.8 Å². The zero-order chi connectivity index (χ0) is 14.3. The Hall–Kier alpha value is -1.57. The van der Waals surface area contributed by atoms with Crippen LogP contribution in [0.2, 0.25) is 0 Å². The van der Waals surface area contributed by atoms with Crippen LogP contribution in [0.5, 0.6) is 0 Å². The van der Waals surface area contributed by atoms with E-state index in [1.165, 1.54) is 0 Å². The lowest BCUT2D eigenvalue weighted by Crippen LogP contribution is -2.33. The number of nitriles is 1. The second-order valence-corrected chi connectivity index (χ2v) is 5.19. The van der Waals surface area contributed by atoms with Gasteiger partial charge in [0.2, 0.25) is 0 Å². The molecule has 18 heavy (non-hydrogen) atoms. The minimum Gasteiger partial charge on any atom is -0.464 e. The van der Waals surface area contributed by atoms with E-state index in [0.717, 1.165) is 0 Å². The summed E-state index contributed by atoms with van der Waals surface area (Å²) in [4.78, 5) is 23.3. The van der Waals surface area contributed by atoms with Crippen molar-refractivity contribution in [2.45, 2.75) is 46.6 Å². The fourth-order valence-electron chi connectivity index (χ4n) is 1.13. The highest BCUT2D eigenvalue weighted by Crippen LogP contribution is 2.18. The molecule has 0 heterocycles. The van der Waals surface area contributed by atoms with Gasteiger partial charge in [0.25, 0.3) is 0 Å². The molecule has 0 saturated carbocycles. The number of carbonyl (C=O) groups is 2. The number of hydrogen-bond donors (Lipinski definition) is 0. The highest BCUT2D eigenvalue weighted by atomic mass is 16.6. The summed E-state index contributed by atoms with van der Waals surface area (Å²) in [5.41, 5.74) is -0.574. The quantitative estimate of drug-likeness (QED) is 0.555. The number of ether oxygens (including phenoxy) is 2. The van der Waals surface area contributed by atoms with E-state index in [4.69, 9.17) is 14.7 Å². The van der Waals surface area contributed by atoms with E-state index in [1.807, 2.05) is 6.07 Å². The van der Waals surface area contributed by atoms with Gasteiger partial charge < -0.3 is 9.47 Å². The lowest BCUT2D eigenvalue weighted by Gasteiger charge is -2.24. The van der Waals surface area contributed by atoms with Gasteiger partial charge >= 0.3 is 11.9 Å². The average Bonchev–Trinajstić information content (AvgIpc) is 2.24. The molecule has 0 bridgehead atoms. The van der Waals surface area contributed by atoms with Crippen molar-refractivity contribution in [3.63, 3.8) is 0 Å². The average molecular weight is 255 g/mol. The lowest BCUT2D eigenvalue weighted by molar-refractivity contribution is -0.166. The summed E-state index contributed by atoms with van der Waals surface area (Å²) in [5, 5.41) is 8.33. The molecule has 0 fully saturated rings. The van der Waals surface area contributed by atoms with Gasteiger partial charge in [0.1, 0.15) is 12.2 Å². The Morgan fingerprint density at radius 1 is 1.17 bits per heavy atom. The minimum atomic E-state index is -0.585. The highest BCUT2D eigenvalue weighted by Gasteiger charge is 2.30. The monoisotopic (exact) mass is 255 g/mol. The van der Waals surface area contributed by atoms with Crippen molar-refractivity contribution in [1.82, 2.24) is 0 Å². The van der Waals surface area contributed by atoms with Crippen LogP contribution in [-0.4, -0.2) is 24.1 Å². The summed E-state index contributed by atoms with van der Waals surface area (Å²) >= 11 is 0. The third-order valence-electron chi connectivity index (χ3n) is 2.36. The molecule has 102 valence electrons. The molecule has 0 saturated heterocycles. The van der Waals surface area contributed by atoms with Crippen LogP contribution in [0.4, 0.5) is 0 Å². The van der Waals surface area contributed by atoms with E-state index in [0.29, 0.717) is 0 Å². The summed E-state index contributed by atoms with van der Waals surface area (Å²) in [6, 6.07) is 1.88. The number of hydrogen-bond acceptors (Lipinski definition) is 5. The minimum absolute atomic E-state index is 0.0563. The van der Waals surface area contributed by atoms with Crippen LogP contribution < -0.4 is 0 Å². The van der Waals surface area contributed by atoms with Crippen LogP contribution in [0, 0.1) is 23.2 Å². The summed E-state index contributed by atoms with van der Waals surface area (Å²) in [7, 11) is 0. The molecular weight excluding hydrogens is 234 g/mol. The Morgan fingerprint density at radius 3 is 2.11 bits per heavy atom. The number of nitrogens with zero attached hydrogens (tertiary/aromatic N) is 1. The Balaban J connectivity index is 4.32. The lowest BCUT2D eigenvalue weighted by atomic mass is 9.96. The van der Waals surface area contributed by atoms with Gasteiger partial charge in [0, 0.05) is 0 Å². The zero-order valence-corrected chi connectivity index (χ0v) is 11.6. The summed E-state index contributed by atoms with van der Waals surface area (Å²) in [6.07, 6.45) is 0.152. The first-order valence-electron chi connectivity index (χ1n) is 5.95. The van der Waals surface area contributed by atoms with Crippen LogP contribution in [0.3, 0.4) is 0 Å². The van der Waals surface area contributed by atoms with Crippen LogP contribution in [-0.2, 0) is 19.1 Å². The SMILES string of the molecule is CC(C(=O)OCCC#N)C(C)C(=O)OC(C)(C)C. The number of carbonyl (C=O) groups excluding carboxylic acids is 2. The molecule has 0 spiro atoms. The normalized spacial score (nSPS) is 14.2. The van der Waals surface area contributed by atoms with E-state index >= 15 is 0 Å². The molecule has 2 unspecified atom stereocenters. The molecule has 5 heteroatoms. The molecule has 0 aliphatic heterocycles. The third kappa shape index (κ3) is 6.24. The number of rotatable bonds is 5. The first kappa shape index (κ1) is 16.4. The maximum atomic E-state index is 11.8. The van der Waals surface area contributed by atoms with Crippen molar-refractivity contribution >= 4 is 11.9 Å². The van der Waals surface area contributed by atoms with Gasteiger partial charge in [0.05, 0.1) is 24.3 Å². The molecule has 0 aromatic carbocycles. The summed E-state index contributed by atoms with van der Waals surface area (Å²) in [5.74, 6) is -2.06. The van der Waals surface area contributed by atoms with E-state index < -0.39 is 29.4 Å². The number of esters is 2. The zero-order valence-electron chi connectivity index (χ0n) is 11.6. The molecule has 0 aliphatic carbocycles. The smallest absolute Gasteiger partial charge is 0.310 e. The molecule has 0 radical (unpaired) electrons. The fraction of sp³-hybridized carbons (Fsp3) is 0.769. The van der Waals surface area contributed by atoms with Crippen molar-refractivity contribution in [3.05, 3.63) is 0 Å². The molecule has 2 atom stereocenters. The van der Waals surface area contributed by atoms with E-state index in [9.17, 15) is 9.59 Å². The van der Waals surface area contributed by atoms with Crippen molar-refractivity contribution in [3.8, 4) is 6.07 Å². The van der Waals surface area contributed by atoms with E-state index in [-0.39, 0.29) is 13.0 Å². The molecule has 0 aliphatic rings. The van der Waals surface area contributed by atoms with E-state index in [1.54, 1.807) is 34.6 Å². The molecule has 0 amide bonds. The first-order chi connectivity index (χ1) is 8.19. The van der Waals surface area contributed by atoms with Crippen LogP contribution in [0.15, 0.2) is 0 Å². The molecule has 5 nitrogen and oxygen atoms in total. The standard InChI is InChI=1S/C13H21NO4/c1-9(11(15)17-8-6-7-14)10(2)12(16)18-13(3,4)5/h9-10H,6,8H2,1-5H3. The Bertz CT molecular complexity index is 338. The summed E-state index contributed by atoms with van der Waals surface area (Å²) < 4.78 is 10.1. The fourth-order valence-corrected chi connectivity index (χ4v) is 1.13. The van der Waals surface area contributed by atoms with Crippen LogP contribution in [0.1, 0.15) is 41.0 Å². The third-order valence-corrected chi connectivity index (χ3v) is 2.36. The van der Waals surface area contributed by atoms with Crippen molar-refractivity contribution in [2.24, 2.45) is 11.8 Å².